The van der Waals surface area contributed by atoms with Crippen molar-refractivity contribution in [3.8, 4) is 0 Å². The molecular weight excluding hydrogens is 160 g/mol. The van der Waals surface area contributed by atoms with Gasteiger partial charge in [-0.3, -0.25) is 9.78 Å². The zero-order chi connectivity index (χ0) is 8.49. The summed E-state index contributed by atoms with van der Waals surface area (Å²) in [6, 6.07) is 0. The van der Waals surface area contributed by atoms with Gasteiger partial charge in [-0.05, 0) is 18.2 Å². The van der Waals surface area contributed by atoms with Gasteiger partial charge in [0.05, 0.1) is 12.9 Å². The van der Waals surface area contributed by atoms with Crippen LogP contribution in [-0.2, 0) is 19.2 Å². The Kier molecular flexibility index (Phi) is 4.55. The molecule has 2 aliphatic heterocycles. The molecule has 0 amide bonds. The molecule has 0 bridgehead atoms. The predicted octanol–water partition coefficient (Wildman–Crippen LogP) is 1.48. The molecule has 4 heteroatoms. The van der Waals surface area contributed by atoms with E-state index in [0.29, 0.717) is 13.4 Å². The lowest BCUT2D eigenvalue weighted by atomic mass is 10.6. The van der Waals surface area contributed by atoms with E-state index in [1.54, 1.807) is 18.4 Å². The van der Waals surface area contributed by atoms with E-state index in [0.717, 1.165) is 0 Å². The lowest BCUT2D eigenvalue weighted by Gasteiger charge is -2.03. The first-order valence-electron chi connectivity index (χ1n) is 3.48. The van der Waals surface area contributed by atoms with E-state index in [9.17, 15) is 0 Å². The molecule has 0 saturated carbocycles. The highest BCUT2D eigenvalue weighted by Crippen LogP contribution is 1.89. The molecule has 0 saturated heterocycles. The van der Waals surface area contributed by atoms with Gasteiger partial charge in [0.15, 0.2) is 6.79 Å². The van der Waals surface area contributed by atoms with Crippen molar-refractivity contribution in [2.45, 2.75) is 0 Å². The maximum Gasteiger partial charge on any atom is 0.188 e. The molecule has 0 aromatic rings. The van der Waals surface area contributed by atoms with Gasteiger partial charge in [0, 0.05) is 0 Å². The van der Waals surface area contributed by atoms with Crippen LogP contribution in [0.1, 0.15) is 0 Å². The van der Waals surface area contributed by atoms with Gasteiger partial charge in [-0.2, -0.15) is 0 Å². The van der Waals surface area contributed by atoms with Crippen LogP contribution in [0.25, 0.3) is 0 Å². The first-order valence-corrected chi connectivity index (χ1v) is 3.48. The normalized spacial score (nSPS) is 18.0. The topological polar surface area (TPSA) is 36.9 Å². The fraction of sp³-hybridized carbons (Fsp3) is 0.250. The Morgan fingerprint density at radius 3 is 1.83 bits per heavy atom. The molecule has 0 aromatic carbocycles. The Morgan fingerprint density at radius 2 is 1.67 bits per heavy atom. The van der Waals surface area contributed by atoms with Gasteiger partial charge < -0.3 is 9.47 Å². The number of rotatable bonds is 0. The zero-order valence-electron chi connectivity index (χ0n) is 6.51. The van der Waals surface area contributed by atoms with Gasteiger partial charge in [0.1, 0.15) is 12.5 Å². The highest BCUT2D eigenvalue weighted by Gasteiger charge is 1.84. The Balaban J connectivity index is 0.000000120. The lowest BCUT2D eigenvalue weighted by Crippen LogP contribution is -1.99. The van der Waals surface area contributed by atoms with E-state index in [4.69, 9.17) is 4.74 Å². The summed E-state index contributed by atoms with van der Waals surface area (Å²) in [6.07, 6.45) is 9.86. The summed E-state index contributed by atoms with van der Waals surface area (Å²) in [5.74, 6) is 0. The van der Waals surface area contributed by atoms with Crippen LogP contribution >= 0.6 is 0 Å². The minimum atomic E-state index is 0.413. The van der Waals surface area contributed by atoms with Crippen LogP contribution in [-0.4, -0.2) is 13.4 Å². The molecular formula is C8H10O4. The maximum absolute atomic E-state index is 4.76. The zero-order valence-corrected chi connectivity index (χ0v) is 6.51. The lowest BCUT2D eigenvalue weighted by molar-refractivity contribution is -0.198. The molecule has 0 atom stereocenters. The Morgan fingerprint density at radius 1 is 0.917 bits per heavy atom. The van der Waals surface area contributed by atoms with E-state index in [2.05, 4.69) is 14.5 Å². The molecule has 0 radical (unpaired) electrons. The minimum Gasteiger partial charge on any atom is -0.475 e. The van der Waals surface area contributed by atoms with Crippen molar-refractivity contribution < 1.29 is 19.2 Å². The molecule has 0 N–H and O–H groups in total. The second kappa shape index (κ2) is 6.30. The molecule has 0 unspecified atom stereocenters. The van der Waals surface area contributed by atoms with Gasteiger partial charge in [0.2, 0.25) is 0 Å². The molecule has 66 valence electrons. The van der Waals surface area contributed by atoms with E-state index < -0.39 is 0 Å². The Labute approximate surface area is 70.6 Å². The van der Waals surface area contributed by atoms with Gasteiger partial charge in [-0.25, -0.2) is 0 Å². The summed E-state index contributed by atoms with van der Waals surface area (Å²) in [6.45, 7) is 1.11. The Bertz CT molecular complexity index is 163. The molecule has 0 spiro atoms. The molecule has 0 aromatic heterocycles. The molecule has 12 heavy (non-hydrogen) atoms. The monoisotopic (exact) mass is 170 g/mol. The van der Waals surface area contributed by atoms with Crippen molar-refractivity contribution in [3.05, 3.63) is 37.0 Å². The van der Waals surface area contributed by atoms with Gasteiger partial charge >= 0.3 is 0 Å². The number of allylic oxidation sites excluding steroid dienone is 2. The smallest absolute Gasteiger partial charge is 0.188 e. The standard InChI is InChI=1S/C4H6O2.C4H4O2/c1-2-5-4-6-3-1;1-2-4-6-5-3-1/h1-2H,3-4H2;1-4H. The molecule has 2 aliphatic rings. The molecule has 4 nitrogen and oxygen atoms in total. The van der Waals surface area contributed by atoms with E-state index in [1.807, 2.05) is 6.08 Å². The van der Waals surface area contributed by atoms with E-state index >= 15 is 0 Å². The third-order valence-corrected chi connectivity index (χ3v) is 0.993. The number of hydrogen-bond donors (Lipinski definition) is 0. The SMILES string of the molecule is C1=COCOC1.C1=COOC=C1. The average Bonchev–Trinajstić information content (AvgIpc) is 2.24. The summed E-state index contributed by atoms with van der Waals surface area (Å²) in [4.78, 5) is 8.60. The van der Waals surface area contributed by atoms with Crippen LogP contribution in [0.5, 0.6) is 0 Å². The molecule has 2 rings (SSSR count). The minimum absolute atomic E-state index is 0.413. The summed E-state index contributed by atoms with van der Waals surface area (Å²) in [5, 5.41) is 0. The summed E-state index contributed by atoms with van der Waals surface area (Å²) >= 11 is 0. The third-order valence-electron chi connectivity index (χ3n) is 0.993. The maximum atomic E-state index is 4.76. The molecule has 2 heterocycles. The van der Waals surface area contributed by atoms with Crippen molar-refractivity contribution >= 4 is 0 Å². The van der Waals surface area contributed by atoms with Crippen molar-refractivity contribution in [2.75, 3.05) is 13.4 Å². The quantitative estimate of drug-likeness (QED) is 0.516. The Hall–Kier alpha value is -1.42. The fourth-order valence-electron chi connectivity index (χ4n) is 0.530. The number of ether oxygens (including phenoxy) is 2. The second-order valence-corrected chi connectivity index (χ2v) is 1.88. The first-order chi connectivity index (χ1) is 6.00. The van der Waals surface area contributed by atoms with Crippen LogP contribution in [0.15, 0.2) is 37.0 Å². The van der Waals surface area contributed by atoms with Crippen LogP contribution in [0.4, 0.5) is 0 Å². The largest absolute Gasteiger partial charge is 0.475 e. The average molecular weight is 170 g/mol. The van der Waals surface area contributed by atoms with Crippen LogP contribution in [0.2, 0.25) is 0 Å². The summed E-state index contributed by atoms with van der Waals surface area (Å²) in [5.41, 5.74) is 0. The molecule has 0 fully saturated rings. The first kappa shape index (κ1) is 8.67. The van der Waals surface area contributed by atoms with Crippen molar-refractivity contribution in [1.82, 2.24) is 0 Å². The van der Waals surface area contributed by atoms with Gasteiger partial charge in [0.25, 0.3) is 0 Å². The van der Waals surface area contributed by atoms with Crippen molar-refractivity contribution in [1.29, 1.82) is 0 Å². The third kappa shape index (κ3) is 4.40. The van der Waals surface area contributed by atoms with Crippen LogP contribution < -0.4 is 0 Å². The summed E-state index contributed by atoms with van der Waals surface area (Å²) < 4.78 is 9.43. The highest BCUT2D eigenvalue weighted by molar-refractivity contribution is 4.97. The number of hydrogen-bond acceptors (Lipinski definition) is 4. The van der Waals surface area contributed by atoms with Gasteiger partial charge in [-0.1, -0.05) is 0 Å². The predicted molar refractivity (Wildman–Crippen MR) is 41.5 cm³/mol. The van der Waals surface area contributed by atoms with Crippen molar-refractivity contribution in [2.24, 2.45) is 0 Å². The fourth-order valence-corrected chi connectivity index (χ4v) is 0.530. The van der Waals surface area contributed by atoms with Crippen molar-refractivity contribution in [3.63, 3.8) is 0 Å². The van der Waals surface area contributed by atoms with E-state index in [-0.39, 0.29) is 0 Å². The molecule has 0 aliphatic carbocycles. The highest BCUT2D eigenvalue weighted by atomic mass is 17.2. The second-order valence-electron chi connectivity index (χ2n) is 1.88. The summed E-state index contributed by atoms with van der Waals surface area (Å²) in [7, 11) is 0. The van der Waals surface area contributed by atoms with Crippen LogP contribution in [0, 0.1) is 0 Å². The van der Waals surface area contributed by atoms with E-state index in [1.165, 1.54) is 12.5 Å². The van der Waals surface area contributed by atoms with Gasteiger partial charge in [-0.15, -0.1) is 0 Å². The van der Waals surface area contributed by atoms with Crippen LogP contribution in [0.3, 0.4) is 0 Å².